The van der Waals surface area contributed by atoms with Gasteiger partial charge >= 0.3 is 180 Å². The van der Waals surface area contributed by atoms with Gasteiger partial charge in [0.2, 0.25) is 0 Å². The van der Waals surface area contributed by atoms with Crippen LogP contribution in [0.2, 0.25) is 3.63 Å². The van der Waals surface area contributed by atoms with Crippen LogP contribution in [-0.2, 0) is 22.6 Å². The SMILES string of the molecule is c1cnc2c([O][Zr]([O]c3cccc4cccnc34)[CH]3CCCCC3)cccc2c1. The molecule has 0 spiro atoms. The van der Waals surface area contributed by atoms with Crippen molar-refractivity contribution >= 4 is 21.8 Å². The molecule has 0 saturated heterocycles. The van der Waals surface area contributed by atoms with E-state index in [2.05, 4.69) is 34.2 Å². The van der Waals surface area contributed by atoms with E-state index in [4.69, 9.17) is 5.63 Å². The van der Waals surface area contributed by atoms with E-state index in [0.717, 1.165) is 33.3 Å². The van der Waals surface area contributed by atoms with Crippen molar-refractivity contribution in [3.05, 3.63) is 73.1 Å². The van der Waals surface area contributed by atoms with Gasteiger partial charge in [-0.15, -0.1) is 0 Å². The van der Waals surface area contributed by atoms with Crippen molar-refractivity contribution in [1.82, 2.24) is 9.97 Å². The molecule has 1 aliphatic carbocycles. The van der Waals surface area contributed by atoms with E-state index in [1.165, 1.54) is 32.1 Å². The van der Waals surface area contributed by atoms with Crippen molar-refractivity contribution in [2.45, 2.75) is 35.7 Å². The van der Waals surface area contributed by atoms with Crippen LogP contribution in [0.25, 0.3) is 21.8 Å². The molecule has 5 rings (SSSR count). The summed E-state index contributed by atoms with van der Waals surface area (Å²) in [6, 6.07) is 20.4. The second-order valence-corrected chi connectivity index (χ2v) is 12.1. The van der Waals surface area contributed by atoms with E-state index in [-0.39, 0.29) is 0 Å². The predicted octanol–water partition coefficient (Wildman–Crippen LogP) is 6.44. The third-order valence-electron chi connectivity index (χ3n) is 5.55. The van der Waals surface area contributed by atoms with Gasteiger partial charge < -0.3 is 0 Å². The zero-order chi connectivity index (χ0) is 19.5. The first-order valence-corrected chi connectivity index (χ1v) is 13.7. The van der Waals surface area contributed by atoms with E-state index in [1.54, 1.807) is 0 Å². The van der Waals surface area contributed by atoms with E-state index < -0.39 is 22.6 Å². The molecule has 145 valence electrons. The average Bonchev–Trinajstić information content (AvgIpc) is 2.80. The minimum atomic E-state index is -2.77. The molecule has 5 heteroatoms. The third-order valence-corrected chi connectivity index (χ3v) is 10.7. The molecule has 0 N–H and O–H groups in total. The van der Waals surface area contributed by atoms with Crippen LogP contribution in [0, 0.1) is 0 Å². The van der Waals surface area contributed by atoms with Gasteiger partial charge in [0.15, 0.2) is 0 Å². The fourth-order valence-corrected chi connectivity index (χ4v) is 9.02. The molecule has 0 radical (unpaired) electrons. The van der Waals surface area contributed by atoms with Crippen molar-refractivity contribution in [3.8, 4) is 11.5 Å². The number of para-hydroxylation sites is 2. The Morgan fingerprint density at radius 2 is 1.17 bits per heavy atom. The molecule has 0 bridgehead atoms. The van der Waals surface area contributed by atoms with E-state index in [0.29, 0.717) is 3.63 Å². The van der Waals surface area contributed by atoms with Crippen LogP contribution < -0.4 is 5.63 Å². The second kappa shape index (κ2) is 8.63. The topological polar surface area (TPSA) is 44.2 Å². The molecule has 0 atom stereocenters. The molecule has 0 unspecified atom stereocenters. The molecular formula is C24H23N2O2Zr. The number of pyridine rings is 2. The standard InChI is InChI=1S/2C9H7NO.C6H11.Zr/c2*11-8-5-1-3-7-4-2-6-10-9(7)8;1-2-4-6-5-3-1;/h2*1-6,11H;1H,2-6H2;/q;;;+2/p-2. The van der Waals surface area contributed by atoms with E-state index in [9.17, 15) is 0 Å². The molecular weight excluding hydrogens is 440 g/mol. The van der Waals surface area contributed by atoms with Crippen molar-refractivity contribution in [1.29, 1.82) is 0 Å². The average molecular weight is 463 g/mol. The monoisotopic (exact) mass is 461 g/mol. The molecule has 0 amide bonds. The maximum atomic E-state index is 6.70. The van der Waals surface area contributed by atoms with Gasteiger partial charge in [0.05, 0.1) is 0 Å². The Bertz CT molecular complexity index is 1040. The molecule has 0 aliphatic heterocycles. The Labute approximate surface area is 179 Å². The summed E-state index contributed by atoms with van der Waals surface area (Å²) in [5, 5.41) is 2.20. The van der Waals surface area contributed by atoms with E-state index >= 15 is 0 Å². The van der Waals surface area contributed by atoms with Gasteiger partial charge in [-0.05, 0) is 0 Å². The van der Waals surface area contributed by atoms with Gasteiger partial charge in [0.25, 0.3) is 0 Å². The summed E-state index contributed by atoms with van der Waals surface area (Å²) in [5.41, 5.74) is 1.84. The summed E-state index contributed by atoms with van der Waals surface area (Å²) in [6.45, 7) is 0. The number of rotatable bonds is 5. The quantitative estimate of drug-likeness (QED) is 0.342. The van der Waals surface area contributed by atoms with Gasteiger partial charge in [0, 0.05) is 0 Å². The van der Waals surface area contributed by atoms with Crippen LogP contribution in [0.1, 0.15) is 32.1 Å². The van der Waals surface area contributed by atoms with Gasteiger partial charge in [-0.25, -0.2) is 0 Å². The Balaban J connectivity index is 1.51. The normalized spacial score (nSPS) is 14.8. The summed E-state index contributed by atoms with van der Waals surface area (Å²) in [6.07, 6.45) is 9.91. The molecule has 4 aromatic rings. The fourth-order valence-electron chi connectivity index (χ4n) is 4.06. The molecule has 2 heterocycles. The Kier molecular flexibility index (Phi) is 5.58. The van der Waals surface area contributed by atoms with Crippen LogP contribution >= 0.6 is 0 Å². The number of hydrogen-bond donors (Lipinski definition) is 0. The first-order chi connectivity index (χ1) is 14.4. The van der Waals surface area contributed by atoms with Crippen LogP contribution in [-0.4, -0.2) is 9.97 Å². The maximum absolute atomic E-state index is 6.70. The summed E-state index contributed by atoms with van der Waals surface area (Å²) in [4.78, 5) is 9.15. The number of hydrogen-bond acceptors (Lipinski definition) is 4. The van der Waals surface area contributed by atoms with Crippen molar-refractivity contribution in [2.75, 3.05) is 0 Å². The Morgan fingerprint density at radius 3 is 1.72 bits per heavy atom. The Morgan fingerprint density at radius 1 is 0.655 bits per heavy atom. The molecule has 1 fully saturated rings. The minimum absolute atomic E-state index is 0.545. The number of aromatic nitrogens is 2. The number of fused-ring (bicyclic) bond motifs is 2. The van der Waals surface area contributed by atoms with E-state index in [1.807, 2.05) is 48.8 Å². The number of nitrogens with zero attached hydrogens (tertiary/aromatic N) is 2. The van der Waals surface area contributed by atoms with Crippen molar-refractivity contribution in [3.63, 3.8) is 0 Å². The zero-order valence-corrected chi connectivity index (χ0v) is 18.7. The first-order valence-electron chi connectivity index (χ1n) is 10.3. The van der Waals surface area contributed by atoms with Crippen LogP contribution in [0.15, 0.2) is 73.1 Å². The molecule has 1 aliphatic rings. The molecule has 1 saturated carbocycles. The van der Waals surface area contributed by atoms with Crippen LogP contribution in [0.5, 0.6) is 11.5 Å². The van der Waals surface area contributed by atoms with Crippen LogP contribution in [0.4, 0.5) is 0 Å². The summed E-state index contributed by atoms with van der Waals surface area (Å²) in [5.74, 6) is 1.72. The van der Waals surface area contributed by atoms with Gasteiger partial charge in [0.1, 0.15) is 0 Å². The van der Waals surface area contributed by atoms with Gasteiger partial charge in [-0.2, -0.15) is 0 Å². The predicted molar refractivity (Wildman–Crippen MR) is 112 cm³/mol. The summed E-state index contributed by atoms with van der Waals surface area (Å²) in [7, 11) is 0. The van der Waals surface area contributed by atoms with Gasteiger partial charge in [-0.3, -0.25) is 0 Å². The molecule has 4 nitrogen and oxygen atoms in total. The number of benzene rings is 2. The van der Waals surface area contributed by atoms with Crippen LogP contribution in [0.3, 0.4) is 0 Å². The van der Waals surface area contributed by atoms with Gasteiger partial charge in [-0.1, -0.05) is 0 Å². The Hall–Kier alpha value is -2.26. The summed E-state index contributed by atoms with van der Waals surface area (Å²) >= 11 is -2.77. The molecule has 2 aromatic heterocycles. The second-order valence-electron chi connectivity index (χ2n) is 7.52. The zero-order valence-electron chi connectivity index (χ0n) is 16.3. The first kappa shape index (κ1) is 18.8. The van der Waals surface area contributed by atoms with Crippen molar-refractivity contribution in [2.24, 2.45) is 0 Å². The van der Waals surface area contributed by atoms with Crippen molar-refractivity contribution < 1.29 is 28.3 Å². The molecule has 29 heavy (non-hydrogen) atoms. The third kappa shape index (κ3) is 4.07. The molecule has 2 aromatic carbocycles. The summed E-state index contributed by atoms with van der Waals surface area (Å²) < 4.78 is 14.0. The fraction of sp³-hybridized carbons (Fsp3) is 0.250.